The maximum atomic E-state index is 9.40. The van der Waals surface area contributed by atoms with Gasteiger partial charge in [-0.3, -0.25) is 0 Å². The number of rotatable bonds is 4. The molecule has 0 aliphatic carbocycles. The summed E-state index contributed by atoms with van der Waals surface area (Å²) in [7, 11) is 3.14. The van der Waals surface area contributed by atoms with Crippen LogP contribution in [0.25, 0.3) is 0 Å². The molecule has 0 saturated carbocycles. The molecule has 0 aromatic heterocycles. The van der Waals surface area contributed by atoms with Crippen molar-refractivity contribution < 1.29 is 14.6 Å². The average Bonchev–Trinajstić information content (AvgIpc) is 2.27. The number of aliphatic hydroxyl groups excluding tert-OH is 1. The summed E-state index contributed by atoms with van der Waals surface area (Å²) in [4.78, 5) is 0. The zero-order valence-electron chi connectivity index (χ0n) is 9.03. The van der Waals surface area contributed by atoms with Crippen molar-refractivity contribution in [1.82, 2.24) is 0 Å². The molecule has 0 spiro atoms. The van der Waals surface area contributed by atoms with Gasteiger partial charge in [0.05, 0.1) is 25.7 Å². The Hall–Kier alpha value is -0.930. The number of benzene rings is 1. The SMILES string of the molecule is COc1ccc(C(Cl)C(C)O)c(OC)c1. The fourth-order valence-corrected chi connectivity index (χ4v) is 1.49. The highest BCUT2D eigenvalue weighted by atomic mass is 35.5. The van der Waals surface area contributed by atoms with Crippen LogP contribution in [0.4, 0.5) is 0 Å². The molecule has 0 amide bonds. The van der Waals surface area contributed by atoms with Crippen LogP contribution in [0.1, 0.15) is 17.9 Å². The molecular weight excluding hydrogens is 216 g/mol. The van der Waals surface area contributed by atoms with Gasteiger partial charge in [0.25, 0.3) is 0 Å². The normalized spacial score (nSPS) is 14.5. The summed E-state index contributed by atoms with van der Waals surface area (Å²) >= 11 is 6.05. The largest absolute Gasteiger partial charge is 0.497 e. The topological polar surface area (TPSA) is 38.7 Å². The van der Waals surface area contributed by atoms with Crippen LogP contribution in [-0.4, -0.2) is 25.4 Å². The molecule has 15 heavy (non-hydrogen) atoms. The first-order valence-corrected chi connectivity index (χ1v) is 5.07. The Morgan fingerprint density at radius 1 is 1.27 bits per heavy atom. The maximum absolute atomic E-state index is 9.40. The van der Waals surface area contributed by atoms with Gasteiger partial charge in [-0.15, -0.1) is 11.6 Å². The Kier molecular flexibility index (Phi) is 4.24. The first kappa shape index (κ1) is 12.1. The van der Waals surface area contributed by atoms with Crippen LogP contribution in [0.3, 0.4) is 0 Å². The first-order chi connectivity index (χ1) is 7.10. The second-order valence-corrected chi connectivity index (χ2v) is 3.72. The number of halogens is 1. The first-order valence-electron chi connectivity index (χ1n) is 4.64. The van der Waals surface area contributed by atoms with Gasteiger partial charge in [-0.25, -0.2) is 0 Å². The molecule has 0 aliphatic heterocycles. The molecule has 1 aromatic rings. The summed E-state index contributed by atoms with van der Waals surface area (Å²) in [5.74, 6) is 1.32. The van der Waals surface area contributed by atoms with E-state index in [4.69, 9.17) is 21.1 Å². The van der Waals surface area contributed by atoms with E-state index in [0.29, 0.717) is 11.5 Å². The monoisotopic (exact) mass is 230 g/mol. The lowest BCUT2D eigenvalue weighted by Gasteiger charge is -2.16. The zero-order chi connectivity index (χ0) is 11.4. The number of hydrogen-bond donors (Lipinski definition) is 1. The molecule has 0 radical (unpaired) electrons. The van der Waals surface area contributed by atoms with Gasteiger partial charge in [0.1, 0.15) is 11.5 Å². The Balaban J connectivity index is 3.07. The second kappa shape index (κ2) is 5.24. The van der Waals surface area contributed by atoms with Crippen LogP contribution in [0.15, 0.2) is 18.2 Å². The number of hydrogen-bond acceptors (Lipinski definition) is 3. The van der Waals surface area contributed by atoms with Crippen LogP contribution in [-0.2, 0) is 0 Å². The Morgan fingerprint density at radius 3 is 2.40 bits per heavy atom. The van der Waals surface area contributed by atoms with Crippen molar-refractivity contribution in [3.8, 4) is 11.5 Å². The molecule has 1 aromatic carbocycles. The van der Waals surface area contributed by atoms with E-state index in [1.165, 1.54) is 0 Å². The molecule has 0 aliphatic rings. The van der Waals surface area contributed by atoms with E-state index in [-0.39, 0.29) is 0 Å². The molecule has 84 valence electrons. The highest BCUT2D eigenvalue weighted by Gasteiger charge is 2.18. The summed E-state index contributed by atoms with van der Waals surface area (Å²) < 4.78 is 10.2. The lowest BCUT2D eigenvalue weighted by atomic mass is 10.1. The van der Waals surface area contributed by atoms with E-state index in [9.17, 15) is 5.11 Å². The Morgan fingerprint density at radius 2 is 1.93 bits per heavy atom. The van der Waals surface area contributed by atoms with Gasteiger partial charge in [-0.1, -0.05) is 6.07 Å². The smallest absolute Gasteiger partial charge is 0.127 e. The van der Waals surface area contributed by atoms with Crippen molar-refractivity contribution in [3.63, 3.8) is 0 Å². The van der Waals surface area contributed by atoms with Gasteiger partial charge in [-0.05, 0) is 13.0 Å². The summed E-state index contributed by atoms with van der Waals surface area (Å²) in [5, 5.41) is 8.92. The summed E-state index contributed by atoms with van der Waals surface area (Å²) in [6, 6.07) is 5.32. The third kappa shape index (κ3) is 2.76. The van der Waals surface area contributed by atoms with Gasteiger partial charge in [-0.2, -0.15) is 0 Å². The predicted molar refractivity (Wildman–Crippen MR) is 59.8 cm³/mol. The highest BCUT2D eigenvalue weighted by Crippen LogP contribution is 2.34. The van der Waals surface area contributed by atoms with E-state index in [2.05, 4.69) is 0 Å². The predicted octanol–water partition coefficient (Wildman–Crippen LogP) is 2.36. The van der Waals surface area contributed by atoms with Crippen molar-refractivity contribution in [1.29, 1.82) is 0 Å². The van der Waals surface area contributed by atoms with Gasteiger partial charge >= 0.3 is 0 Å². The van der Waals surface area contributed by atoms with Crippen molar-refractivity contribution >= 4 is 11.6 Å². The zero-order valence-corrected chi connectivity index (χ0v) is 9.78. The molecule has 2 unspecified atom stereocenters. The van der Waals surface area contributed by atoms with Crippen LogP contribution in [0.5, 0.6) is 11.5 Å². The van der Waals surface area contributed by atoms with Gasteiger partial charge in [0.15, 0.2) is 0 Å². The third-order valence-electron chi connectivity index (χ3n) is 2.16. The number of methoxy groups -OCH3 is 2. The maximum Gasteiger partial charge on any atom is 0.127 e. The summed E-state index contributed by atoms with van der Waals surface area (Å²) in [5.41, 5.74) is 0.759. The molecule has 0 bridgehead atoms. The van der Waals surface area contributed by atoms with E-state index >= 15 is 0 Å². The second-order valence-electron chi connectivity index (χ2n) is 3.25. The molecule has 0 saturated heterocycles. The summed E-state index contributed by atoms with van der Waals surface area (Å²) in [6.45, 7) is 1.64. The van der Waals surface area contributed by atoms with Crippen molar-refractivity contribution in [2.45, 2.75) is 18.4 Å². The molecule has 1 N–H and O–H groups in total. The summed E-state index contributed by atoms with van der Waals surface area (Å²) in [6.07, 6.45) is -0.631. The molecule has 3 nitrogen and oxygen atoms in total. The molecule has 0 heterocycles. The minimum Gasteiger partial charge on any atom is -0.497 e. The quantitative estimate of drug-likeness (QED) is 0.808. The van der Waals surface area contributed by atoms with E-state index in [0.717, 1.165) is 5.56 Å². The molecule has 1 rings (SSSR count). The molecular formula is C11H15ClO3. The van der Waals surface area contributed by atoms with Crippen molar-refractivity contribution in [2.24, 2.45) is 0 Å². The minimum atomic E-state index is -0.631. The van der Waals surface area contributed by atoms with Crippen LogP contribution >= 0.6 is 11.6 Å². The van der Waals surface area contributed by atoms with Crippen LogP contribution < -0.4 is 9.47 Å². The Bertz CT molecular complexity index is 326. The van der Waals surface area contributed by atoms with Crippen LogP contribution in [0.2, 0.25) is 0 Å². The van der Waals surface area contributed by atoms with Crippen LogP contribution in [0, 0.1) is 0 Å². The van der Waals surface area contributed by atoms with Crippen molar-refractivity contribution in [3.05, 3.63) is 23.8 Å². The number of alkyl halides is 1. The van der Waals surface area contributed by atoms with E-state index in [1.54, 1.807) is 39.3 Å². The van der Waals surface area contributed by atoms with E-state index in [1.807, 2.05) is 0 Å². The lowest BCUT2D eigenvalue weighted by molar-refractivity contribution is 0.188. The van der Waals surface area contributed by atoms with Crippen molar-refractivity contribution in [2.75, 3.05) is 14.2 Å². The standard InChI is InChI=1S/C11H15ClO3/c1-7(13)11(12)9-5-4-8(14-2)6-10(9)15-3/h4-7,11,13H,1-3H3. The lowest BCUT2D eigenvalue weighted by Crippen LogP contribution is -2.09. The fourth-order valence-electron chi connectivity index (χ4n) is 1.31. The number of ether oxygens (including phenoxy) is 2. The van der Waals surface area contributed by atoms with Gasteiger partial charge in [0, 0.05) is 11.6 Å². The van der Waals surface area contributed by atoms with Gasteiger partial charge < -0.3 is 14.6 Å². The Labute approximate surface area is 94.6 Å². The molecule has 2 atom stereocenters. The highest BCUT2D eigenvalue weighted by molar-refractivity contribution is 6.21. The molecule has 4 heteroatoms. The number of aliphatic hydroxyl groups is 1. The fraction of sp³-hybridized carbons (Fsp3) is 0.455. The molecule has 0 fully saturated rings. The van der Waals surface area contributed by atoms with Gasteiger partial charge in [0.2, 0.25) is 0 Å². The van der Waals surface area contributed by atoms with E-state index < -0.39 is 11.5 Å². The average molecular weight is 231 g/mol. The third-order valence-corrected chi connectivity index (χ3v) is 2.76. The minimum absolute atomic E-state index is 0.481.